The predicted molar refractivity (Wildman–Crippen MR) is 68.6 cm³/mol. The molecule has 1 aromatic rings. The number of hydrogen-bond acceptors (Lipinski definition) is 5. The standard InChI is InChI=1S/C12H17N3O2S/c1-8(16)7-10-5-3-4-6-15(10)12(17)11-9(2)13-14-18-11/h10H,3-7H2,1-2H3. The molecular weight excluding hydrogens is 250 g/mol. The number of likely N-dealkylation sites (tertiary alicyclic amines) is 1. The van der Waals surface area contributed by atoms with Gasteiger partial charge in [-0.15, -0.1) is 5.10 Å². The molecule has 5 nitrogen and oxygen atoms in total. The normalized spacial score (nSPS) is 19.9. The Hall–Kier alpha value is -1.30. The van der Waals surface area contributed by atoms with Crippen LogP contribution in [0.15, 0.2) is 0 Å². The van der Waals surface area contributed by atoms with Crippen molar-refractivity contribution in [3.05, 3.63) is 10.6 Å². The van der Waals surface area contributed by atoms with E-state index in [-0.39, 0.29) is 17.7 Å². The Morgan fingerprint density at radius 2 is 2.22 bits per heavy atom. The van der Waals surface area contributed by atoms with Gasteiger partial charge in [0.25, 0.3) is 5.91 Å². The van der Waals surface area contributed by atoms with E-state index in [0.717, 1.165) is 37.3 Å². The van der Waals surface area contributed by atoms with Gasteiger partial charge in [0.1, 0.15) is 10.7 Å². The van der Waals surface area contributed by atoms with Crippen LogP contribution in [0.1, 0.15) is 48.0 Å². The Balaban J connectivity index is 2.16. The molecule has 0 saturated carbocycles. The third-order valence-corrected chi connectivity index (χ3v) is 4.07. The van der Waals surface area contributed by atoms with Gasteiger partial charge in [-0.2, -0.15) is 0 Å². The summed E-state index contributed by atoms with van der Waals surface area (Å²) in [7, 11) is 0. The first-order chi connectivity index (χ1) is 8.59. The smallest absolute Gasteiger partial charge is 0.267 e. The average Bonchev–Trinajstić information content (AvgIpc) is 2.74. The molecule has 0 aliphatic carbocycles. The third kappa shape index (κ3) is 2.75. The van der Waals surface area contributed by atoms with Crippen molar-refractivity contribution in [2.24, 2.45) is 0 Å². The van der Waals surface area contributed by atoms with Crippen LogP contribution >= 0.6 is 11.5 Å². The van der Waals surface area contributed by atoms with Crippen molar-refractivity contribution < 1.29 is 9.59 Å². The van der Waals surface area contributed by atoms with Gasteiger partial charge in [-0.25, -0.2) is 0 Å². The van der Waals surface area contributed by atoms with Gasteiger partial charge >= 0.3 is 0 Å². The minimum Gasteiger partial charge on any atom is -0.334 e. The molecule has 0 radical (unpaired) electrons. The maximum absolute atomic E-state index is 12.4. The molecule has 0 aromatic carbocycles. The summed E-state index contributed by atoms with van der Waals surface area (Å²) in [5.41, 5.74) is 0.678. The fraction of sp³-hybridized carbons (Fsp3) is 0.667. The Bertz CT molecular complexity index is 458. The van der Waals surface area contributed by atoms with Crippen molar-refractivity contribution in [1.82, 2.24) is 14.5 Å². The van der Waals surface area contributed by atoms with Gasteiger partial charge in [-0.1, -0.05) is 4.49 Å². The van der Waals surface area contributed by atoms with Gasteiger partial charge < -0.3 is 4.90 Å². The lowest BCUT2D eigenvalue weighted by molar-refractivity contribution is -0.118. The topological polar surface area (TPSA) is 63.2 Å². The molecule has 18 heavy (non-hydrogen) atoms. The molecule has 0 N–H and O–H groups in total. The predicted octanol–water partition coefficient (Wildman–Crippen LogP) is 1.82. The molecule has 1 atom stereocenters. The summed E-state index contributed by atoms with van der Waals surface area (Å²) in [6, 6.07) is 0.0465. The van der Waals surface area contributed by atoms with Gasteiger partial charge in [0.05, 0.1) is 5.69 Å². The molecule has 1 saturated heterocycles. The lowest BCUT2D eigenvalue weighted by Gasteiger charge is -2.35. The Morgan fingerprint density at radius 3 is 2.83 bits per heavy atom. The first-order valence-corrected chi connectivity index (χ1v) is 6.96. The van der Waals surface area contributed by atoms with Crippen molar-refractivity contribution in [3.8, 4) is 0 Å². The molecule has 0 bridgehead atoms. The highest BCUT2D eigenvalue weighted by Gasteiger charge is 2.30. The van der Waals surface area contributed by atoms with Crippen molar-refractivity contribution in [1.29, 1.82) is 0 Å². The number of hydrogen-bond donors (Lipinski definition) is 0. The van der Waals surface area contributed by atoms with Crippen LogP contribution in [0.5, 0.6) is 0 Å². The van der Waals surface area contributed by atoms with E-state index in [2.05, 4.69) is 9.59 Å². The lowest BCUT2D eigenvalue weighted by Crippen LogP contribution is -2.44. The molecule has 1 amide bonds. The molecule has 1 aliphatic heterocycles. The lowest BCUT2D eigenvalue weighted by atomic mass is 9.97. The van der Waals surface area contributed by atoms with E-state index in [0.29, 0.717) is 17.0 Å². The van der Waals surface area contributed by atoms with E-state index >= 15 is 0 Å². The zero-order chi connectivity index (χ0) is 13.1. The number of carbonyl (C=O) groups excluding carboxylic acids is 2. The maximum atomic E-state index is 12.4. The molecule has 1 aromatic heterocycles. The van der Waals surface area contributed by atoms with E-state index in [9.17, 15) is 9.59 Å². The van der Waals surface area contributed by atoms with Crippen LogP contribution in [-0.4, -0.2) is 38.8 Å². The maximum Gasteiger partial charge on any atom is 0.267 e. The summed E-state index contributed by atoms with van der Waals surface area (Å²) in [6.45, 7) is 4.10. The summed E-state index contributed by atoms with van der Waals surface area (Å²) in [6.07, 6.45) is 3.46. The summed E-state index contributed by atoms with van der Waals surface area (Å²) in [5.74, 6) is 0.118. The summed E-state index contributed by atoms with van der Waals surface area (Å²) in [4.78, 5) is 26.1. The second kappa shape index (κ2) is 5.56. The molecule has 2 heterocycles. The molecule has 0 spiro atoms. The molecule has 1 aliphatic rings. The van der Waals surface area contributed by atoms with Crippen LogP contribution in [-0.2, 0) is 4.79 Å². The van der Waals surface area contributed by atoms with Crippen molar-refractivity contribution in [2.75, 3.05) is 6.54 Å². The number of amides is 1. The molecular formula is C12H17N3O2S. The number of carbonyl (C=O) groups is 2. The molecule has 1 unspecified atom stereocenters. The average molecular weight is 267 g/mol. The first kappa shape index (κ1) is 13.1. The van der Waals surface area contributed by atoms with Gasteiger partial charge in [-0.3, -0.25) is 9.59 Å². The number of piperidine rings is 1. The van der Waals surface area contributed by atoms with E-state index in [1.165, 1.54) is 0 Å². The van der Waals surface area contributed by atoms with E-state index in [1.807, 2.05) is 4.90 Å². The summed E-state index contributed by atoms with van der Waals surface area (Å²) >= 11 is 1.13. The summed E-state index contributed by atoms with van der Waals surface area (Å²) in [5, 5.41) is 3.87. The van der Waals surface area contributed by atoms with E-state index in [1.54, 1.807) is 13.8 Å². The largest absolute Gasteiger partial charge is 0.334 e. The number of aromatic nitrogens is 2. The zero-order valence-corrected chi connectivity index (χ0v) is 11.5. The number of Topliss-reactive ketones (excluding diaryl/α,β-unsaturated/α-hetero) is 1. The van der Waals surface area contributed by atoms with Crippen LogP contribution in [0, 0.1) is 6.92 Å². The third-order valence-electron chi connectivity index (χ3n) is 3.26. The van der Waals surface area contributed by atoms with Crippen LogP contribution in [0.3, 0.4) is 0 Å². The number of rotatable bonds is 3. The van der Waals surface area contributed by atoms with Crippen molar-refractivity contribution in [3.63, 3.8) is 0 Å². The van der Waals surface area contributed by atoms with E-state index in [4.69, 9.17) is 0 Å². The van der Waals surface area contributed by atoms with Gasteiger partial charge in [0.2, 0.25) is 0 Å². The number of ketones is 1. The number of aryl methyl sites for hydroxylation is 1. The highest BCUT2D eigenvalue weighted by molar-refractivity contribution is 7.07. The van der Waals surface area contributed by atoms with Crippen LogP contribution in [0.25, 0.3) is 0 Å². The first-order valence-electron chi connectivity index (χ1n) is 6.19. The van der Waals surface area contributed by atoms with Crippen LogP contribution in [0.2, 0.25) is 0 Å². The second-order valence-electron chi connectivity index (χ2n) is 4.74. The second-order valence-corrected chi connectivity index (χ2v) is 5.50. The monoisotopic (exact) mass is 267 g/mol. The van der Waals surface area contributed by atoms with Gasteiger partial charge in [0, 0.05) is 19.0 Å². The quantitative estimate of drug-likeness (QED) is 0.838. The SMILES string of the molecule is CC(=O)CC1CCCCN1C(=O)c1snnc1C. The zero-order valence-electron chi connectivity index (χ0n) is 10.7. The minimum atomic E-state index is -0.0200. The van der Waals surface area contributed by atoms with Crippen molar-refractivity contribution >= 4 is 23.2 Å². The molecule has 6 heteroatoms. The Kier molecular flexibility index (Phi) is 4.06. The van der Waals surface area contributed by atoms with Crippen molar-refractivity contribution in [2.45, 2.75) is 45.6 Å². The minimum absolute atomic E-state index is 0.0200. The molecule has 98 valence electrons. The fourth-order valence-electron chi connectivity index (χ4n) is 2.37. The fourth-order valence-corrected chi connectivity index (χ4v) is 2.98. The van der Waals surface area contributed by atoms with Crippen LogP contribution < -0.4 is 0 Å². The highest BCUT2D eigenvalue weighted by Crippen LogP contribution is 2.24. The number of nitrogens with zero attached hydrogens (tertiary/aromatic N) is 3. The Labute approximate surface area is 110 Å². The Morgan fingerprint density at radius 1 is 1.44 bits per heavy atom. The van der Waals surface area contributed by atoms with Crippen LogP contribution in [0.4, 0.5) is 0 Å². The molecule has 2 rings (SSSR count). The van der Waals surface area contributed by atoms with Gasteiger partial charge in [0.15, 0.2) is 0 Å². The summed E-state index contributed by atoms with van der Waals surface area (Å²) < 4.78 is 3.80. The van der Waals surface area contributed by atoms with Gasteiger partial charge in [-0.05, 0) is 44.6 Å². The highest BCUT2D eigenvalue weighted by atomic mass is 32.1. The molecule has 1 fully saturated rings. The van der Waals surface area contributed by atoms with E-state index < -0.39 is 0 Å².